The fourth-order valence-corrected chi connectivity index (χ4v) is 3.21. The number of aliphatic hydroxyl groups is 1. The molecule has 1 saturated heterocycles. The number of carbonyl (C=O) groups excluding carboxylic acids is 1. The molecule has 0 aliphatic carbocycles. The van der Waals surface area contributed by atoms with Gasteiger partial charge in [0.25, 0.3) is 0 Å². The van der Waals surface area contributed by atoms with Gasteiger partial charge in [-0.15, -0.1) is 0 Å². The molecule has 6 nitrogen and oxygen atoms in total. The largest absolute Gasteiger partial charge is 0.393 e. The van der Waals surface area contributed by atoms with Gasteiger partial charge in [0, 0.05) is 13.1 Å². The summed E-state index contributed by atoms with van der Waals surface area (Å²) in [5, 5.41) is 12.0. The summed E-state index contributed by atoms with van der Waals surface area (Å²) in [6, 6.07) is -0.584. The lowest BCUT2D eigenvalue weighted by atomic mass is 10.2. The first-order valence-electron chi connectivity index (χ1n) is 6.28. The maximum absolute atomic E-state index is 11.9. The van der Waals surface area contributed by atoms with E-state index in [-0.39, 0.29) is 5.91 Å². The molecule has 0 aromatic rings. The third-order valence-corrected chi connectivity index (χ3v) is 4.47. The van der Waals surface area contributed by atoms with E-state index in [1.165, 1.54) is 4.31 Å². The van der Waals surface area contributed by atoms with E-state index in [0.29, 0.717) is 38.8 Å². The summed E-state index contributed by atoms with van der Waals surface area (Å²) in [6.07, 6.45) is 3.12. The van der Waals surface area contributed by atoms with Gasteiger partial charge in [-0.3, -0.25) is 4.79 Å². The number of rotatable bonds is 6. The molecule has 0 radical (unpaired) electrons. The number of amides is 1. The molecule has 106 valence electrons. The second kappa shape index (κ2) is 6.49. The van der Waals surface area contributed by atoms with Gasteiger partial charge in [0.05, 0.1) is 12.4 Å². The average Bonchev–Trinajstić information content (AvgIpc) is 2.77. The predicted octanol–water partition coefficient (Wildman–Crippen LogP) is -0.312. The Morgan fingerprint density at radius 3 is 2.78 bits per heavy atom. The van der Waals surface area contributed by atoms with Gasteiger partial charge in [-0.25, -0.2) is 8.42 Å². The summed E-state index contributed by atoms with van der Waals surface area (Å²) in [6.45, 7) is 2.66. The van der Waals surface area contributed by atoms with Crippen molar-refractivity contribution in [3.05, 3.63) is 0 Å². The third-order valence-electron chi connectivity index (χ3n) is 3.18. The number of aliphatic hydroxyl groups excluding tert-OH is 1. The van der Waals surface area contributed by atoms with E-state index >= 15 is 0 Å². The molecule has 2 N–H and O–H groups in total. The molecule has 1 amide bonds. The highest BCUT2D eigenvalue weighted by atomic mass is 32.2. The summed E-state index contributed by atoms with van der Waals surface area (Å²) in [5.41, 5.74) is 0. The smallest absolute Gasteiger partial charge is 0.238 e. The highest BCUT2D eigenvalue weighted by Gasteiger charge is 2.36. The predicted molar refractivity (Wildman–Crippen MR) is 68.5 cm³/mol. The lowest BCUT2D eigenvalue weighted by Crippen LogP contribution is -2.46. The van der Waals surface area contributed by atoms with E-state index in [0.717, 1.165) is 6.26 Å². The first kappa shape index (κ1) is 15.4. The van der Waals surface area contributed by atoms with E-state index in [9.17, 15) is 18.3 Å². The highest BCUT2D eigenvalue weighted by molar-refractivity contribution is 7.88. The minimum Gasteiger partial charge on any atom is -0.393 e. The molecule has 0 bridgehead atoms. The van der Waals surface area contributed by atoms with Crippen LogP contribution in [0, 0.1) is 0 Å². The third kappa shape index (κ3) is 4.22. The molecular weight excluding hydrogens is 256 g/mol. The molecule has 0 spiro atoms. The van der Waals surface area contributed by atoms with Gasteiger partial charge < -0.3 is 10.4 Å². The van der Waals surface area contributed by atoms with Crippen LogP contribution in [-0.4, -0.2) is 55.2 Å². The highest BCUT2D eigenvalue weighted by Crippen LogP contribution is 2.20. The van der Waals surface area contributed by atoms with Crippen LogP contribution in [0.2, 0.25) is 0 Å². The summed E-state index contributed by atoms with van der Waals surface area (Å²) >= 11 is 0. The average molecular weight is 278 g/mol. The molecule has 2 atom stereocenters. The van der Waals surface area contributed by atoms with E-state index in [1.54, 1.807) is 0 Å². The fourth-order valence-electron chi connectivity index (χ4n) is 2.08. The van der Waals surface area contributed by atoms with Crippen LogP contribution >= 0.6 is 0 Å². The lowest BCUT2D eigenvalue weighted by molar-refractivity contribution is -0.124. The minimum atomic E-state index is -3.32. The van der Waals surface area contributed by atoms with Gasteiger partial charge in [-0.2, -0.15) is 4.31 Å². The Hall–Kier alpha value is -0.660. The molecule has 1 aliphatic heterocycles. The topological polar surface area (TPSA) is 86.7 Å². The van der Waals surface area contributed by atoms with E-state index in [4.69, 9.17) is 0 Å². The van der Waals surface area contributed by atoms with Crippen LogP contribution in [-0.2, 0) is 14.8 Å². The Balaban J connectivity index is 2.46. The number of sulfonamides is 1. The molecule has 1 rings (SSSR count). The van der Waals surface area contributed by atoms with Crippen molar-refractivity contribution in [1.29, 1.82) is 0 Å². The van der Waals surface area contributed by atoms with Gasteiger partial charge in [0.2, 0.25) is 15.9 Å². The molecule has 0 aromatic heterocycles. The Bertz CT molecular complexity index is 383. The summed E-state index contributed by atoms with van der Waals surface area (Å²) in [7, 11) is -3.32. The Labute approximate surface area is 108 Å². The standard InChI is InChI=1S/C11H22N2O4S/c1-3-9(14)6-7-12-11(15)10-5-4-8-13(10)18(2,16)17/h9-10,14H,3-8H2,1-2H3,(H,12,15). The molecule has 0 aromatic carbocycles. The zero-order valence-electron chi connectivity index (χ0n) is 10.9. The maximum atomic E-state index is 11.9. The summed E-state index contributed by atoms with van der Waals surface area (Å²) < 4.78 is 24.2. The van der Waals surface area contributed by atoms with E-state index < -0.39 is 22.2 Å². The van der Waals surface area contributed by atoms with Crippen molar-refractivity contribution >= 4 is 15.9 Å². The van der Waals surface area contributed by atoms with Gasteiger partial charge in [-0.1, -0.05) is 6.92 Å². The molecule has 2 unspecified atom stereocenters. The minimum absolute atomic E-state index is 0.263. The molecule has 1 fully saturated rings. The SMILES string of the molecule is CCC(O)CCNC(=O)C1CCCN1S(C)(=O)=O. The van der Waals surface area contributed by atoms with Crippen LogP contribution in [0.25, 0.3) is 0 Å². The monoisotopic (exact) mass is 278 g/mol. The number of hydrogen-bond donors (Lipinski definition) is 2. The first-order chi connectivity index (χ1) is 8.36. The number of nitrogens with one attached hydrogen (secondary N) is 1. The number of carbonyl (C=O) groups is 1. The molecule has 0 saturated carbocycles. The number of hydrogen-bond acceptors (Lipinski definition) is 4. The summed E-state index contributed by atoms with van der Waals surface area (Å²) in [4.78, 5) is 11.9. The number of nitrogens with zero attached hydrogens (tertiary/aromatic N) is 1. The second-order valence-electron chi connectivity index (χ2n) is 4.67. The summed E-state index contributed by atoms with van der Waals surface area (Å²) in [5.74, 6) is -0.263. The quantitative estimate of drug-likeness (QED) is 0.697. The van der Waals surface area contributed by atoms with Crippen molar-refractivity contribution in [1.82, 2.24) is 9.62 Å². The second-order valence-corrected chi connectivity index (χ2v) is 6.61. The van der Waals surface area contributed by atoms with Crippen molar-refractivity contribution in [2.75, 3.05) is 19.3 Å². The van der Waals surface area contributed by atoms with E-state index in [1.807, 2.05) is 6.92 Å². The Kier molecular flexibility index (Phi) is 5.55. The van der Waals surface area contributed by atoms with Crippen LogP contribution in [0.15, 0.2) is 0 Å². The zero-order valence-corrected chi connectivity index (χ0v) is 11.7. The zero-order chi connectivity index (χ0) is 13.8. The van der Waals surface area contributed by atoms with Crippen molar-refractivity contribution < 1.29 is 18.3 Å². The van der Waals surface area contributed by atoms with Crippen LogP contribution in [0.4, 0.5) is 0 Å². The Morgan fingerprint density at radius 1 is 1.56 bits per heavy atom. The molecule has 1 heterocycles. The van der Waals surface area contributed by atoms with Crippen LogP contribution in [0.3, 0.4) is 0 Å². The van der Waals surface area contributed by atoms with Crippen molar-refractivity contribution in [3.8, 4) is 0 Å². The Morgan fingerprint density at radius 2 is 2.22 bits per heavy atom. The van der Waals surface area contributed by atoms with Crippen LogP contribution < -0.4 is 5.32 Å². The van der Waals surface area contributed by atoms with Crippen molar-refractivity contribution in [2.45, 2.75) is 44.8 Å². The van der Waals surface area contributed by atoms with E-state index in [2.05, 4.69) is 5.32 Å². The van der Waals surface area contributed by atoms with Gasteiger partial charge in [-0.05, 0) is 25.7 Å². The maximum Gasteiger partial charge on any atom is 0.238 e. The van der Waals surface area contributed by atoms with Gasteiger partial charge in [0.1, 0.15) is 6.04 Å². The van der Waals surface area contributed by atoms with Crippen LogP contribution in [0.1, 0.15) is 32.6 Å². The molecular formula is C11H22N2O4S. The first-order valence-corrected chi connectivity index (χ1v) is 8.13. The van der Waals surface area contributed by atoms with Crippen LogP contribution in [0.5, 0.6) is 0 Å². The fraction of sp³-hybridized carbons (Fsp3) is 0.909. The lowest BCUT2D eigenvalue weighted by Gasteiger charge is -2.21. The normalized spacial score (nSPS) is 22.9. The van der Waals surface area contributed by atoms with Crippen molar-refractivity contribution in [3.63, 3.8) is 0 Å². The van der Waals surface area contributed by atoms with Gasteiger partial charge in [0.15, 0.2) is 0 Å². The van der Waals surface area contributed by atoms with Gasteiger partial charge >= 0.3 is 0 Å². The molecule has 1 aliphatic rings. The molecule has 7 heteroatoms. The molecule has 18 heavy (non-hydrogen) atoms. The van der Waals surface area contributed by atoms with Crippen molar-refractivity contribution in [2.24, 2.45) is 0 Å².